The van der Waals surface area contributed by atoms with Crippen LogP contribution in [0, 0.1) is 0 Å². The highest BCUT2D eigenvalue weighted by Gasteiger charge is 2.00. The van der Waals surface area contributed by atoms with E-state index in [-0.39, 0.29) is 0 Å². The Morgan fingerprint density at radius 3 is 2.77 bits per heavy atom. The van der Waals surface area contributed by atoms with Crippen molar-refractivity contribution in [1.29, 1.82) is 0 Å². The highest BCUT2D eigenvalue weighted by atomic mass is 35.5. The Bertz CT molecular complexity index is 276. The molecule has 2 nitrogen and oxygen atoms in total. The van der Waals surface area contributed by atoms with Gasteiger partial charge in [0.25, 0.3) is 0 Å². The molecule has 1 rings (SSSR count). The normalized spacial score (nSPS) is 10.4. The van der Waals surface area contributed by atoms with Crippen molar-refractivity contribution in [3.05, 3.63) is 34.3 Å². The van der Waals surface area contributed by atoms with E-state index in [0.29, 0.717) is 6.61 Å². The van der Waals surface area contributed by atoms with Crippen LogP contribution in [0.25, 0.3) is 0 Å². The van der Waals surface area contributed by atoms with Crippen molar-refractivity contribution in [2.45, 2.75) is 13.2 Å². The van der Waals surface area contributed by atoms with Gasteiger partial charge in [-0.1, -0.05) is 23.7 Å². The first-order valence-electron chi connectivity index (χ1n) is 4.18. The minimum Gasteiger partial charge on any atom is -0.380 e. The number of rotatable bonds is 4. The number of ether oxygens (including phenoxy) is 1. The number of benzene rings is 1. The molecule has 3 heteroatoms. The van der Waals surface area contributed by atoms with Gasteiger partial charge in [0.1, 0.15) is 0 Å². The summed E-state index contributed by atoms with van der Waals surface area (Å²) in [5, 5.41) is 3.85. The van der Waals surface area contributed by atoms with Crippen LogP contribution in [0.15, 0.2) is 18.2 Å². The van der Waals surface area contributed by atoms with E-state index in [0.717, 1.165) is 17.1 Å². The maximum Gasteiger partial charge on any atom is 0.0727 e. The molecule has 13 heavy (non-hydrogen) atoms. The lowest BCUT2D eigenvalue weighted by molar-refractivity contribution is 0.185. The molecule has 1 aromatic rings. The zero-order valence-electron chi connectivity index (χ0n) is 7.93. The standard InChI is InChI=1S/C10H14ClNO/c1-12-6-8-3-4-9(7-13-2)10(11)5-8/h3-5,12H,6-7H2,1-2H3. The lowest BCUT2D eigenvalue weighted by Gasteiger charge is -2.05. The van der Waals surface area contributed by atoms with E-state index >= 15 is 0 Å². The van der Waals surface area contributed by atoms with Gasteiger partial charge in [0.05, 0.1) is 6.61 Å². The van der Waals surface area contributed by atoms with Gasteiger partial charge >= 0.3 is 0 Å². The predicted octanol–water partition coefficient (Wildman–Crippen LogP) is 2.21. The molecule has 0 saturated heterocycles. The van der Waals surface area contributed by atoms with Crippen molar-refractivity contribution in [3.8, 4) is 0 Å². The Kier molecular flexibility index (Phi) is 4.22. The van der Waals surface area contributed by atoms with Gasteiger partial charge in [-0.3, -0.25) is 0 Å². The van der Waals surface area contributed by atoms with Gasteiger partial charge in [0, 0.05) is 18.7 Å². The average Bonchev–Trinajstić information content (AvgIpc) is 2.10. The highest BCUT2D eigenvalue weighted by molar-refractivity contribution is 6.31. The Hall–Kier alpha value is -0.570. The third-order valence-electron chi connectivity index (χ3n) is 1.80. The summed E-state index contributed by atoms with van der Waals surface area (Å²) in [4.78, 5) is 0. The molecule has 0 bridgehead atoms. The Morgan fingerprint density at radius 1 is 1.46 bits per heavy atom. The zero-order chi connectivity index (χ0) is 9.68. The molecule has 0 saturated carbocycles. The van der Waals surface area contributed by atoms with Gasteiger partial charge in [0.15, 0.2) is 0 Å². The third kappa shape index (κ3) is 2.99. The number of hydrogen-bond acceptors (Lipinski definition) is 2. The second-order valence-electron chi connectivity index (χ2n) is 2.89. The number of halogens is 1. The summed E-state index contributed by atoms with van der Waals surface area (Å²) in [6, 6.07) is 6.02. The predicted molar refractivity (Wildman–Crippen MR) is 54.9 cm³/mol. The fourth-order valence-corrected chi connectivity index (χ4v) is 1.44. The summed E-state index contributed by atoms with van der Waals surface area (Å²) in [6.07, 6.45) is 0. The molecule has 0 aliphatic rings. The molecular weight excluding hydrogens is 186 g/mol. The van der Waals surface area contributed by atoms with Crippen LogP contribution in [0.4, 0.5) is 0 Å². The molecule has 0 heterocycles. The van der Waals surface area contributed by atoms with Crippen molar-refractivity contribution in [2.75, 3.05) is 14.2 Å². The SMILES string of the molecule is CNCc1ccc(COC)c(Cl)c1. The van der Waals surface area contributed by atoms with E-state index in [4.69, 9.17) is 16.3 Å². The van der Waals surface area contributed by atoms with Gasteiger partial charge in [-0.15, -0.1) is 0 Å². The quantitative estimate of drug-likeness (QED) is 0.803. The molecule has 0 atom stereocenters. The molecule has 0 amide bonds. The fraction of sp³-hybridized carbons (Fsp3) is 0.400. The van der Waals surface area contributed by atoms with E-state index in [1.54, 1.807) is 7.11 Å². The van der Waals surface area contributed by atoms with Crippen LogP contribution in [0.5, 0.6) is 0 Å². The van der Waals surface area contributed by atoms with Gasteiger partial charge in [0.2, 0.25) is 0 Å². The summed E-state index contributed by atoms with van der Waals surface area (Å²) in [5.41, 5.74) is 2.22. The summed E-state index contributed by atoms with van der Waals surface area (Å²) >= 11 is 6.04. The summed E-state index contributed by atoms with van der Waals surface area (Å²) in [6.45, 7) is 1.41. The van der Waals surface area contributed by atoms with Gasteiger partial charge in [-0.05, 0) is 24.2 Å². The minimum absolute atomic E-state index is 0.568. The summed E-state index contributed by atoms with van der Waals surface area (Å²) in [7, 11) is 3.58. The molecule has 72 valence electrons. The van der Waals surface area contributed by atoms with Crippen LogP contribution in [-0.2, 0) is 17.9 Å². The van der Waals surface area contributed by atoms with Gasteiger partial charge in [-0.25, -0.2) is 0 Å². The van der Waals surface area contributed by atoms with Crippen molar-refractivity contribution in [2.24, 2.45) is 0 Å². The molecule has 0 spiro atoms. The first kappa shape index (κ1) is 10.5. The maximum absolute atomic E-state index is 6.04. The number of methoxy groups -OCH3 is 1. The van der Waals surface area contributed by atoms with E-state index in [2.05, 4.69) is 11.4 Å². The lowest BCUT2D eigenvalue weighted by atomic mass is 10.1. The van der Waals surface area contributed by atoms with Crippen molar-refractivity contribution >= 4 is 11.6 Å². The lowest BCUT2D eigenvalue weighted by Crippen LogP contribution is -2.05. The van der Waals surface area contributed by atoms with Crippen LogP contribution < -0.4 is 5.32 Å². The highest BCUT2D eigenvalue weighted by Crippen LogP contribution is 2.18. The molecule has 0 fully saturated rings. The monoisotopic (exact) mass is 199 g/mol. The summed E-state index contributed by atoms with van der Waals surface area (Å²) < 4.78 is 5.01. The maximum atomic E-state index is 6.04. The molecule has 0 aliphatic heterocycles. The van der Waals surface area contributed by atoms with Crippen LogP contribution >= 0.6 is 11.6 Å². The Morgan fingerprint density at radius 2 is 2.23 bits per heavy atom. The first-order chi connectivity index (χ1) is 6.27. The van der Waals surface area contributed by atoms with Crippen LogP contribution in [0.2, 0.25) is 5.02 Å². The largest absolute Gasteiger partial charge is 0.380 e. The second kappa shape index (κ2) is 5.22. The Balaban J connectivity index is 2.79. The smallest absolute Gasteiger partial charge is 0.0727 e. The van der Waals surface area contributed by atoms with Crippen molar-refractivity contribution < 1.29 is 4.74 Å². The van der Waals surface area contributed by atoms with Gasteiger partial charge < -0.3 is 10.1 Å². The van der Waals surface area contributed by atoms with Crippen LogP contribution in [-0.4, -0.2) is 14.2 Å². The fourth-order valence-electron chi connectivity index (χ4n) is 1.18. The van der Waals surface area contributed by atoms with E-state index in [1.807, 2.05) is 19.2 Å². The van der Waals surface area contributed by atoms with Gasteiger partial charge in [-0.2, -0.15) is 0 Å². The van der Waals surface area contributed by atoms with E-state index < -0.39 is 0 Å². The van der Waals surface area contributed by atoms with Crippen LogP contribution in [0.1, 0.15) is 11.1 Å². The third-order valence-corrected chi connectivity index (χ3v) is 2.15. The topological polar surface area (TPSA) is 21.3 Å². The van der Waals surface area contributed by atoms with Crippen molar-refractivity contribution in [1.82, 2.24) is 5.32 Å². The second-order valence-corrected chi connectivity index (χ2v) is 3.30. The molecule has 0 aromatic heterocycles. The number of hydrogen-bond donors (Lipinski definition) is 1. The molecular formula is C10H14ClNO. The summed E-state index contributed by atoms with van der Waals surface area (Å²) in [5.74, 6) is 0. The zero-order valence-corrected chi connectivity index (χ0v) is 8.69. The molecule has 0 unspecified atom stereocenters. The average molecular weight is 200 g/mol. The molecule has 0 aliphatic carbocycles. The first-order valence-corrected chi connectivity index (χ1v) is 4.56. The number of nitrogens with one attached hydrogen (secondary N) is 1. The van der Waals surface area contributed by atoms with E-state index in [9.17, 15) is 0 Å². The van der Waals surface area contributed by atoms with E-state index in [1.165, 1.54) is 5.56 Å². The molecule has 1 N–H and O–H groups in total. The molecule has 0 radical (unpaired) electrons. The molecule has 1 aromatic carbocycles. The van der Waals surface area contributed by atoms with Crippen LogP contribution in [0.3, 0.4) is 0 Å². The Labute approximate surface area is 83.9 Å². The van der Waals surface area contributed by atoms with Crippen molar-refractivity contribution in [3.63, 3.8) is 0 Å². The minimum atomic E-state index is 0.568.